The van der Waals surface area contributed by atoms with Crippen molar-refractivity contribution in [1.82, 2.24) is 10.2 Å². The van der Waals surface area contributed by atoms with Crippen LogP contribution in [0.3, 0.4) is 0 Å². The molecular weight excluding hydrogens is 475 g/mol. The van der Waals surface area contributed by atoms with Crippen LogP contribution in [-0.4, -0.2) is 34.6 Å². The molecular formula is C26H32Cl2N2O2S. The summed E-state index contributed by atoms with van der Waals surface area (Å²) in [5.74, 6) is 0.832. The normalized spacial score (nSPS) is 15.1. The Balaban J connectivity index is 1.71. The lowest BCUT2D eigenvalue weighted by molar-refractivity contribution is -0.139. The Hall–Kier alpha value is -1.69. The maximum atomic E-state index is 13.4. The molecule has 1 saturated carbocycles. The van der Waals surface area contributed by atoms with Gasteiger partial charge in [-0.05, 0) is 48.6 Å². The van der Waals surface area contributed by atoms with Crippen LogP contribution in [0.2, 0.25) is 10.0 Å². The molecule has 4 nitrogen and oxygen atoms in total. The lowest BCUT2D eigenvalue weighted by Gasteiger charge is -2.33. The van der Waals surface area contributed by atoms with E-state index in [1.54, 1.807) is 4.90 Å². The Bertz CT molecular complexity index is 934. The number of halogens is 2. The van der Waals surface area contributed by atoms with Crippen LogP contribution in [-0.2, 0) is 21.9 Å². The SMILES string of the molecule is CC[C@H](C(=O)NC1CCCCC1)N(Cc1ccccc1Cl)C(=O)CSCc1cccc(Cl)c1. The van der Waals surface area contributed by atoms with E-state index in [4.69, 9.17) is 23.2 Å². The molecule has 1 N–H and O–H groups in total. The summed E-state index contributed by atoms with van der Waals surface area (Å²) in [6.45, 7) is 2.27. The molecule has 1 atom stereocenters. The third-order valence-electron chi connectivity index (χ3n) is 6.02. The first kappa shape index (κ1) is 25.9. The van der Waals surface area contributed by atoms with Gasteiger partial charge in [0.1, 0.15) is 6.04 Å². The van der Waals surface area contributed by atoms with Crippen LogP contribution in [0.1, 0.15) is 56.6 Å². The zero-order valence-electron chi connectivity index (χ0n) is 19.1. The maximum Gasteiger partial charge on any atom is 0.243 e. The molecule has 33 heavy (non-hydrogen) atoms. The molecule has 0 aliphatic heterocycles. The smallest absolute Gasteiger partial charge is 0.243 e. The van der Waals surface area contributed by atoms with E-state index in [1.165, 1.54) is 18.2 Å². The van der Waals surface area contributed by atoms with E-state index < -0.39 is 6.04 Å². The Morgan fingerprint density at radius 1 is 1.09 bits per heavy atom. The van der Waals surface area contributed by atoms with E-state index >= 15 is 0 Å². The molecule has 0 spiro atoms. The molecule has 0 saturated heterocycles. The van der Waals surface area contributed by atoms with Gasteiger partial charge < -0.3 is 10.2 Å². The highest BCUT2D eigenvalue weighted by Gasteiger charge is 2.30. The van der Waals surface area contributed by atoms with Crippen molar-refractivity contribution >= 4 is 46.8 Å². The molecule has 3 rings (SSSR count). The molecule has 0 unspecified atom stereocenters. The summed E-state index contributed by atoms with van der Waals surface area (Å²) >= 11 is 14.0. The molecule has 0 radical (unpaired) electrons. The van der Waals surface area contributed by atoms with Gasteiger partial charge in [-0.2, -0.15) is 0 Å². The van der Waals surface area contributed by atoms with Crippen molar-refractivity contribution in [2.75, 3.05) is 5.75 Å². The predicted molar refractivity (Wildman–Crippen MR) is 139 cm³/mol. The summed E-state index contributed by atoms with van der Waals surface area (Å²) in [5.41, 5.74) is 1.91. The first-order valence-corrected chi connectivity index (χ1v) is 13.5. The van der Waals surface area contributed by atoms with E-state index in [2.05, 4.69) is 5.32 Å². The summed E-state index contributed by atoms with van der Waals surface area (Å²) in [5, 5.41) is 4.49. The number of amides is 2. The summed E-state index contributed by atoms with van der Waals surface area (Å²) < 4.78 is 0. The fraction of sp³-hybridized carbons (Fsp3) is 0.462. The summed E-state index contributed by atoms with van der Waals surface area (Å²) in [4.78, 5) is 28.3. The number of carbonyl (C=O) groups is 2. The number of nitrogens with one attached hydrogen (secondary N) is 1. The number of rotatable bonds is 10. The monoisotopic (exact) mass is 506 g/mol. The minimum Gasteiger partial charge on any atom is -0.352 e. The van der Waals surface area contributed by atoms with E-state index in [1.807, 2.05) is 55.5 Å². The van der Waals surface area contributed by atoms with Gasteiger partial charge in [0.25, 0.3) is 0 Å². The second kappa shape index (κ2) is 13.3. The van der Waals surface area contributed by atoms with Gasteiger partial charge in [0, 0.05) is 28.4 Å². The minimum absolute atomic E-state index is 0.0624. The summed E-state index contributed by atoms with van der Waals surface area (Å²) in [6, 6.07) is 14.8. The first-order chi connectivity index (χ1) is 16.0. The summed E-state index contributed by atoms with van der Waals surface area (Å²) in [6.07, 6.45) is 6.08. The van der Waals surface area contributed by atoms with E-state index in [-0.39, 0.29) is 23.6 Å². The third-order valence-corrected chi connectivity index (χ3v) is 7.61. The van der Waals surface area contributed by atoms with Gasteiger partial charge in [0.15, 0.2) is 0 Å². The van der Waals surface area contributed by atoms with Gasteiger partial charge in [0.05, 0.1) is 5.75 Å². The zero-order chi connectivity index (χ0) is 23.6. The highest BCUT2D eigenvalue weighted by molar-refractivity contribution is 7.99. The zero-order valence-corrected chi connectivity index (χ0v) is 21.4. The van der Waals surface area contributed by atoms with Crippen molar-refractivity contribution in [3.8, 4) is 0 Å². The second-order valence-corrected chi connectivity index (χ2v) is 10.3. The molecule has 0 aromatic heterocycles. The van der Waals surface area contributed by atoms with E-state index in [0.717, 1.165) is 36.8 Å². The van der Waals surface area contributed by atoms with Gasteiger partial charge >= 0.3 is 0 Å². The highest BCUT2D eigenvalue weighted by Crippen LogP contribution is 2.23. The quantitative estimate of drug-likeness (QED) is 0.400. The molecule has 2 aromatic rings. The Morgan fingerprint density at radius 3 is 2.55 bits per heavy atom. The van der Waals surface area contributed by atoms with Gasteiger partial charge in [-0.15, -0.1) is 11.8 Å². The Kier molecular flexibility index (Phi) is 10.4. The first-order valence-electron chi connectivity index (χ1n) is 11.6. The molecule has 2 amide bonds. The lowest BCUT2D eigenvalue weighted by atomic mass is 9.95. The number of nitrogens with zero attached hydrogens (tertiary/aromatic N) is 1. The molecule has 1 aliphatic rings. The standard InChI is InChI=1S/C26H32Cl2N2O2S/c1-2-24(26(32)29-22-12-4-3-5-13-22)30(16-20-10-6-7-14-23(20)28)25(31)18-33-17-19-9-8-11-21(27)15-19/h6-11,14-15,22,24H,2-5,12-13,16-18H2,1H3,(H,29,32)/t24-/m1/s1. The van der Waals surface area contributed by atoms with Crippen molar-refractivity contribution in [3.63, 3.8) is 0 Å². The molecule has 1 aliphatic carbocycles. The van der Waals surface area contributed by atoms with Crippen LogP contribution < -0.4 is 5.32 Å². The molecule has 1 fully saturated rings. The van der Waals surface area contributed by atoms with Gasteiger partial charge in [0.2, 0.25) is 11.8 Å². The summed E-state index contributed by atoms with van der Waals surface area (Å²) in [7, 11) is 0. The highest BCUT2D eigenvalue weighted by atomic mass is 35.5. The Labute approximate surface area is 211 Å². The van der Waals surface area contributed by atoms with E-state index in [0.29, 0.717) is 28.8 Å². The number of carbonyl (C=O) groups excluding carboxylic acids is 2. The number of hydrogen-bond acceptors (Lipinski definition) is 3. The molecule has 2 aromatic carbocycles. The molecule has 0 heterocycles. The fourth-order valence-corrected chi connectivity index (χ4v) is 5.51. The van der Waals surface area contributed by atoms with Crippen LogP contribution in [0.15, 0.2) is 48.5 Å². The molecule has 178 valence electrons. The van der Waals surface area contributed by atoms with Crippen molar-refractivity contribution in [3.05, 3.63) is 69.7 Å². The predicted octanol–water partition coefficient (Wildman–Crippen LogP) is 6.48. The van der Waals surface area contributed by atoms with Crippen molar-refractivity contribution in [1.29, 1.82) is 0 Å². The lowest BCUT2D eigenvalue weighted by Crippen LogP contribution is -2.52. The van der Waals surface area contributed by atoms with Crippen LogP contribution in [0.5, 0.6) is 0 Å². The fourth-order valence-electron chi connectivity index (χ4n) is 4.24. The van der Waals surface area contributed by atoms with Crippen LogP contribution in [0.4, 0.5) is 0 Å². The van der Waals surface area contributed by atoms with Gasteiger partial charge in [-0.1, -0.05) is 79.7 Å². The number of benzene rings is 2. The topological polar surface area (TPSA) is 49.4 Å². The van der Waals surface area contributed by atoms with Crippen LogP contribution >= 0.6 is 35.0 Å². The Morgan fingerprint density at radius 2 is 1.85 bits per heavy atom. The van der Waals surface area contributed by atoms with Crippen molar-refractivity contribution in [2.24, 2.45) is 0 Å². The molecule has 7 heteroatoms. The van der Waals surface area contributed by atoms with Crippen LogP contribution in [0, 0.1) is 0 Å². The van der Waals surface area contributed by atoms with Gasteiger partial charge in [-0.25, -0.2) is 0 Å². The van der Waals surface area contributed by atoms with Gasteiger partial charge in [-0.3, -0.25) is 9.59 Å². The van der Waals surface area contributed by atoms with Crippen molar-refractivity contribution < 1.29 is 9.59 Å². The maximum absolute atomic E-state index is 13.4. The van der Waals surface area contributed by atoms with E-state index in [9.17, 15) is 9.59 Å². The average molecular weight is 508 g/mol. The average Bonchev–Trinajstić information content (AvgIpc) is 2.81. The number of hydrogen-bond donors (Lipinski definition) is 1. The van der Waals surface area contributed by atoms with Crippen molar-refractivity contribution in [2.45, 2.75) is 69.8 Å². The largest absolute Gasteiger partial charge is 0.352 e. The number of thioether (sulfide) groups is 1. The van der Waals surface area contributed by atoms with Crippen LogP contribution in [0.25, 0.3) is 0 Å². The third kappa shape index (κ3) is 7.94. The minimum atomic E-state index is -0.525. The molecule has 0 bridgehead atoms. The second-order valence-electron chi connectivity index (χ2n) is 8.50.